The van der Waals surface area contributed by atoms with Crippen molar-refractivity contribution in [3.63, 3.8) is 0 Å². The van der Waals surface area contributed by atoms with E-state index in [9.17, 15) is 13.2 Å². The van der Waals surface area contributed by atoms with E-state index in [1.807, 2.05) is 32.0 Å². The van der Waals surface area contributed by atoms with Crippen LogP contribution in [0.4, 0.5) is 5.69 Å². The number of nitrogens with one attached hydrogen (secondary N) is 1. The molecule has 0 aliphatic carbocycles. The number of rotatable bonds is 8. The molecule has 0 radical (unpaired) electrons. The Kier molecular flexibility index (Phi) is 6.88. The topological polar surface area (TPSA) is 79.4 Å². The molecule has 1 heterocycles. The van der Waals surface area contributed by atoms with Crippen LogP contribution in [-0.2, 0) is 34.2 Å². The molecule has 2 aromatic rings. The number of carbonyl (C=O) groups excluding carboxylic acids is 1. The molecule has 0 spiro atoms. The van der Waals surface area contributed by atoms with Gasteiger partial charge >= 0.3 is 0 Å². The van der Waals surface area contributed by atoms with Crippen molar-refractivity contribution in [3.05, 3.63) is 59.4 Å². The molecule has 0 atom stereocenters. The highest BCUT2D eigenvalue weighted by molar-refractivity contribution is 7.88. The van der Waals surface area contributed by atoms with Crippen molar-refractivity contribution in [2.75, 3.05) is 18.1 Å². The number of nitrogens with zero attached hydrogens (tertiary/aromatic N) is 2. The number of pyridine rings is 1. The molecule has 7 heteroatoms. The summed E-state index contributed by atoms with van der Waals surface area (Å²) in [6.45, 7) is 3.94. The second-order valence-corrected chi connectivity index (χ2v) is 8.08. The van der Waals surface area contributed by atoms with Gasteiger partial charge in [-0.05, 0) is 41.7 Å². The monoisotopic (exact) mass is 375 g/mol. The first-order valence-electron chi connectivity index (χ1n) is 8.59. The van der Waals surface area contributed by atoms with Crippen molar-refractivity contribution < 1.29 is 13.2 Å². The summed E-state index contributed by atoms with van der Waals surface area (Å²) >= 11 is 0. The number of aryl methyl sites for hydroxylation is 2. The van der Waals surface area contributed by atoms with Gasteiger partial charge in [0.2, 0.25) is 15.9 Å². The van der Waals surface area contributed by atoms with Crippen LogP contribution in [0.15, 0.2) is 42.7 Å². The van der Waals surface area contributed by atoms with Gasteiger partial charge in [-0.15, -0.1) is 0 Å². The fraction of sp³-hybridized carbons (Fsp3) is 0.368. The lowest BCUT2D eigenvalue weighted by Gasteiger charge is -2.21. The average Bonchev–Trinajstić information content (AvgIpc) is 2.61. The zero-order valence-electron chi connectivity index (χ0n) is 15.4. The lowest BCUT2D eigenvalue weighted by atomic mass is 10.0. The average molecular weight is 375 g/mol. The molecule has 0 saturated heterocycles. The first-order chi connectivity index (χ1) is 12.3. The van der Waals surface area contributed by atoms with Crippen LogP contribution in [0.1, 0.15) is 30.5 Å². The highest BCUT2D eigenvalue weighted by atomic mass is 32.2. The number of aromatic nitrogens is 1. The van der Waals surface area contributed by atoms with Crippen molar-refractivity contribution in [2.24, 2.45) is 0 Å². The fourth-order valence-electron chi connectivity index (χ4n) is 2.72. The van der Waals surface area contributed by atoms with E-state index >= 15 is 0 Å². The Bertz CT molecular complexity index is 829. The molecule has 0 unspecified atom stereocenters. The largest absolute Gasteiger partial charge is 0.324 e. The normalized spacial score (nSPS) is 11.5. The van der Waals surface area contributed by atoms with Gasteiger partial charge in [-0.3, -0.25) is 9.78 Å². The summed E-state index contributed by atoms with van der Waals surface area (Å²) in [5.41, 5.74) is 3.65. The van der Waals surface area contributed by atoms with Crippen molar-refractivity contribution in [2.45, 2.75) is 33.2 Å². The number of carbonyl (C=O) groups is 1. The molecule has 1 aromatic heterocycles. The van der Waals surface area contributed by atoms with E-state index in [2.05, 4.69) is 10.3 Å². The Hall–Kier alpha value is -2.25. The van der Waals surface area contributed by atoms with Gasteiger partial charge in [0, 0.05) is 24.6 Å². The minimum Gasteiger partial charge on any atom is -0.324 e. The van der Waals surface area contributed by atoms with Crippen LogP contribution >= 0.6 is 0 Å². The summed E-state index contributed by atoms with van der Waals surface area (Å²) < 4.78 is 25.4. The number of para-hydroxylation sites is 1. The van der Waals surface area contributed by atoms with Crippen LogP contribution in [0.25, 0.3) is 0 Å². The third-order valence-corrected chi connectivity index (χ3v) is 5.36. The number of benzene rings is 1. The predicted molar refractivity (Wildman–Crippen MR) is 103 cm³/mol. The molecule has 140 valence electrons. The number of hydrogen-bond donors (Lipinski definition) is 1. The molecular formula is C19H25N3O3S. The van der Waals surface area contributed by atoms with Gasteiger partial charge in [0.15, 0.2) is 0 Å². The predicted octanol–water partition coefficient (Wildman–Crippen LogP) is 2.61. The Labute approximate surface area is 155 Å². The maximum atomic E-state index is 12.6. The first kappa shape index (κ1) is 20.1. The molecule has 0 fully saturated rings. The number of anilines is 1. The second kappa shape index (κ2) is 8.91. The van der Waals surface area contributed by atoms with E-state index in [1.54, 1.807) is 24.5 Å². The smallest absolute Gasteiger partial charge is 0.239 e. The highest BCUT2D eigenvalue weighted by Crippen LogP contribution is 2.22. The Morgan fingerprint density at radius 3 is 2.15 bits per heavy atom. The van der Waals surface area contributed by atoms with E-state index in [-0.39, 0.29) is 19.0 Å². The van der Waals surface area contributed by atoms with Gasteiger partial charge in [-0.25, -0.2) is 8.42 Å². The first-order valence-corrected chi connectivity index (χ1v) is 10.4. The van der Waals surface area contributed by atoms with Crippen molar-refractivity contribution >= 4 is 21.6 Å². The quantitative estimate of drug-likeness (QED) is 0.769. The van der Waals surface area contributed by atoms with Crippen LogP contribution in [0.3, 0.4) is 0 Å². The minimum atomic E-state index is -3.53. The van der Waals surface area contributed by atoms with Gasteiger partial charge in [0.05, 0.1) is 12.8 Å². The lowest BCUT2D eigenvalue weighted by Crippen LogP contribution is -2.37. The summed E-state index contributed by atoms with van der Waals surface area (Å²) in [7, 11) is -3.53. The SMILES string of the molecule is CCc1cccc(CC)c1NC(=O)CN(Cc1ccncc1)S(C)(=O)=O. The molecule has 2 rings (SSSR count). The zero-order chi connectivity index (χ0) is 19.2. The van der Waals surface area contributed by atoms with E-state index in [4.69, 9.17) is 0 Å². The van der Waals surface area contributed by atoms with E-state index < -0.39 is 10.0 Å². The Balaban J connectivity index is 2.18. The van der Waals surface area contributed by atoms with E-state index in [0.717, 1.165) is 45.8 Å². The molecule has 1 amide bonds. The summed E-state index contributed by atoms with van der Waals surface area (Å²) in [4.78, 5) is 16.5. The second-order valence-electron chi connectivity index (χ2n) is 6.09. The molecule has 6 nitrogen and oxygen atoms in total. The van der Waals surface area contributed by atoms with Crippen molar-refractivity contribution in [1.29, 1.82) is 0 Å². The molecule has 0 saturated carbocycles. The van der Waals surface area contributed by atoms with Crippen molar-refractivity contribution in [1.82, 2.24) is 9.29 Å². The van der Waals surface area contributed by atoms with Gasteiger partial charge in [-0.2, -0.15) is 4.31 Å². The van der Waals surface area contributed by atoms with Gasteiger partial charge in [0.1, 0.15) is 0 Å². The third kappa shape index (κ3) is 5.37. The molecule has 26 heavy (non-hydrogen) atoms. The van der Waals surface area contributed by atoms with Crippen LogP contribution in [0, 0.1) is 0 Å². The van der Waals surface area contributed by atoms with Crippen LogP contribution < -0.4 is 5.32 Å². The van der Waals surface area contributed by atoms with Crippen LogP contribution in [0.5, 0.6) is 0 Å². The number of amides is 1. The maximum absolute atomic E-state index is 12.6. The lowest BCUT2D eigenvalue weighted by molar-refractivity contribution is -0.116. The summed E-state index contributed by atoms with van der Waals surface area (Å²) in [6, 6.07) is 9.38. The van der Waals surface area contributed by atoms with Crippen molar-refractivity contribution in [3.8, 4) is 0 Å². The molecule has 1 aromatic carbocycles. The molecule has 0 bridgehead atoms. The highest BCUT2D eigenvalue weighted by Gasteiger charge is 2.21. The molecule has 0 aliphatic heterocycles. The standard InChI is InChI=1S/C19H25N3O3S/c1-4-16-7-6-8-17(5-2)19(16)21-18(23)14-22(26(3,24)25)13-15-9-11-20-12-10-15/h6-12H,4-5,13-14H2,1-3H3,(H,21,23). The summed E-state index contributed by atoms with van der Waals surface area (Å²) in [5, 5.41) is 2.91. The van der Waals surface area contributed by atoms with Gasteiger partial charge in [0.25, 0.3) is 0 Å². The van der Waals surface area contributed by atoms with E-state index in [1.165, 1.54) is 0 Å². The Morgan fingerprint density at radius 1 is 1.08 bits per heavy atom. The van der Waals surface area contributed by atoms with Gasteiger partial charge < -0.3 is 5.32 Å². The molecule has 0 aliphatic rings. The molecular weight excluding hydrogens is 350 g/mol. The van der Waals surface area contributed by atoms with Crippen LogP contribution in [0.2, 0.25) is 0 Å². The van der Waals surface area contributed by atoms with Crippen LogP contribution in [-0.4, -0.2) is 36.4 Å². The summed E-state index contributed by atoms with van der Waals surface area (Å²) in [5.74, 6) is -0.347. The maximum Gasteiger partial charge on any atom is 0.239 e. The van der Waals surface area contributed by atoms with E-state index in [0.29, 0.717) is 0 Å². The minimum absolute atomic E-state index is 0.130. The summed E-state index contributed by atoms with van der Waals surface area (Å²) in [6.07, 6.45) is 5.88. The zero-order valence-corrected chi connectivity index (χ0v) is 16.2. The molecule has 1 N–H and O–H groups in total. The third-order valence-electron chi connectivity index (χ3n) is 4.16. The Morgan fingerprint density at radius 2 is 1.65 bits per heavy atom. The number of sulfonamides is 1. The van der Waals surface area contributed by atoms with Gasteiger partial charge in [-0.1, -0.05) is 32.0 Å². The fourth-order valence-corrected chi connectivity index (χ4v) is 3.46. The number of hydrogen-bond acceptors (Lipinski definition) is 4.